The van der Waals surface area contributed by atoms with Crippen LogP contribution in [-0.4, -0.2) is 11.0 Å². The van der Waals surface area contributed by atoms with E-state index in [0.29, 0.717) is 6.04 Å². The predicted molar refractivity (Wildman–Crippen MR) is 68.4 cm³/mol. The zero-order valence-electron chi connectivity index (χ0n) is 9.64. The summed E-state index contributed by atoms with van der Waals surface area (Å²) in [7, 11) is 0. The summed E-state index contributed by atoms with van der Waals surface area (Å²) in [5, 5.41) is 3.35. The Kier molecular flexibility index (Phi) is 3.20. The fraction of sp³-hybridized carbons (Fsp3) is 0.214. The predicted octanol–water partition coefficient (Wildman–Crippen LogP) is 3.57. The van der Waals surface area contributed by atoms with Crippen molar-refractivity contribution >= 4 is 5.69 Å². The molecule has 0 bridgehead atoms. The summed E-state index contributed by atoms with van der Waals surface area (Å²) in [5.74, 6) is 0. The van der Waals surface area contributed by atoms with Crippen LogP contribution in [0.5, 0.6) is 0 Å². The largest absolute Gasteiger partial charge is 0.382 e. The van der Waals surface area contributed by atoms with Crippen molar-refractivity contribution in [1.29, 1.82) is 0 Å². The maximum Gasteiger partial charge on any atom is 0.0534 e. The molecule has 2 heteroatoms. The fourth-order valence-corrected chi connectivity index (χ4v) is 1.64. The highest BCUT2D eigenvalue weighted by Gasteiger charge is 2.00. The van der Waals surface area contributed by atoms with E-state index in [1.807, 2.05) is 30.6 Å². The van der Waals surface area contributed by atoms with Crippen molar-refractivity contribution in [3.8, 4) is 11.1 Å². The van der Waals surface area contributed by atoms with Crippen LogP contribution in [0.1, 0.15) is 13.8 Å². The van der Waals surface area contributed by atoms with Gasteiger partial charge in [-0.25, -0.2) is 0 Å². The van der Waals surface area contributed by atoms with Crippen LogP contribution in [0, 0.1) is 0 Å². The highest BCUT2D eigenvalue weighted by molar-refractivity contribution is 5.66. The Hall–Kier alpha value is -1.83. The number of pyridine rings is 1. The van der Waals surface area contributed by atoms with Gasteiger partial charge >= 0.3 is 0 Å². The molecule has 1 aromatic carbocycles. The lowest BCUT2D eigenvalue weighted by Gasteiger charge is -2.10. The molecule has 0 radical (unpaired) electrons. The van der Waals surface area contributed by atoms with Crippen molar-refractivity contribution in [1.82, 2.24) is 4.98 Å². The molecule has 0 atom stereocenters. The van der Waals surface area contributed by atoms with Crippen LogP contribution in [0.25, 0.3) is 11.1 Å². The Bertz CT molecular complexity index is 449. The third-order valence-electron chi connectivity index (χ3n) is 2.30. The van der Waals surface area contributed by atoms with Gasteiger partial charge in [-0.15, -0.1) is 0 Å². The first kappa shape index (κ1) is 10.7. The zero-order chi connectivity index (χ0) is 11.4. The van der Waals surface area contributed by atoms with E-state index in [1.54, 1.807) is 0 Å². The van der Waals surface area contributed by atoms with E-state index in [4.69, 9.17) is 0 Å². The molecule has 1 N–H and O–H groups in total. The first-order valence-electron chi connectivity index (χ1n) is 5.53. The number of nitrogens with zero attached hydrogens (tertiary/aromatic N) is 1. The van der Waals surface area contributed by atoms with Crippen LogP contribution < -0.4 is 5.32 Å². The Morgan fingerprint density at radius 1 is 1.00 bits per heavy atom. The number of anilines is 1. The molecule has 0 fully saturated rings. The second-order valence-corrected chi connectivity index (χ2v) is 4.13. The molecular weight excluding hydrogens is 196 g/mol. The maximum absolute atomic E-state index is 4.25. The molecule has 2 nitrogen and oxygen atoms in total. The second kappa shape index (κ2) is 4.79. The Labute approximate surface area is 96.4 Å². The van der Waals surface area contributed by atoms with E-state index < -0.39 is 0 Å². The first-order valence-corrected chi connectivity index (χ1v) is 5.53. The summed E-state index contributed by atoms with van der Waals surface area (Å²) < 4.78 is 0. The van der Waals surface area contributed by atoms with Gasteiger partial charge in [0.2, 0.25) is 0 Å². The van der Waals surface area contributed by atoms with E-state index in [-0.39, 0.29) is 0 Å². The van der Waals surface area contributed by atoms with Crippen molar-refractivity contribution in [2.24, 2.45) is 0 Å². The Balaban J connectivity index is 2.29. The van der Waals surface area contributed by atoms with E-state index in [2.05, 4.69) is 42.3 Å². The average molecular weight is 212 g/mol. The SMILES string of the molecule is CC(C)Nc1cncc(-c2ccccc2)c1. The van der Waals surface area contributed by atoms with Gasteiger partial charge in [0, 0.05) is 24.0 Å². The summed E-state index contributed by atoms with van der Waals surface area (Å²) in [5.41, 5.74) is 3.41. The molecule has 1 heterocycles. The lowest BCUT2D eigenvalue weighted by molar-refractivity contribution is 0.898. The van der Waals surface area contributed by atoms with Crippen molar-refractivity contribution in [3.63, 3.8) is 0 Å². The molecule has 0 saturated heterocycles. The number of rotatable bonds is 3. The number of aromatic nitrogens is 1. The number of nitrogens with one attached hydrogen (secondary N) is 1. The van der Waals surface area contributed by atoms with Crippen LogP contribution in [-0.2, 0) is 0 Å². The highest BCUT2D eigenvalue weighted by Crippen LogP contribution is 2.21. The van der Waals surface area contributed by atoms with Crippen LogP contribution >= 0.6 is 0 Å². The Morgan fingerprint density at radius 2 is 1.75 bits per heavy atom. The normalized spacial score (nSPS) is 10.4. The molecule has 82 valence electrons. The molecule has 0 amide bonds. The molecule has 0 unspecified atom stereocenters. The average Bonchev–Trinajstić information content (AvgIpc) is 2.30. The van der Waals surface area contributed by atoms with Crippen LogP contribution in [0.4, 0.5) is 5.69 Å². The van der Waals surface area contributed by atoms with Gasteiger partial charge in [-0.05, 0) is 25.5 Å². The summed E-state index contributed by atoms with van der Waals surface area (Å²) in [6.45, 7) is 4.24. The smallest absolute Gasteiger partial charge is 0.0534 e. The van der Waals surface area contributed by atoms with Crippen LogP contribution in [0.3, 0.4) is 0 Å². The minimum Gasteiger partial charge on any atom is -0.382 e. The van der Waals surface area contributed by atoms with E-state index in [0.717, 1.165) is 11.3 Å². The first-order chi connectivity index (χ1) is 7.75. The fourth-order valence-electron chi connectivity index (χ4n) is 1.64. The molecule has 16 heavy (non-hydrogen) atoms. The van der Waals surface area contributed by atoms with Crippen molar-refractivity contribution in [2.45, 2.75) is 19.9 Å². The van der Waals surface area contributed by atoms with Crippen molar-refractivity contribution in [2.75, 3.05) is 5.32 Å². The Morgan fingerprint density at radius 3 is 2.44 bits per heavy atom. The number of benzene rings is 1. The quantitative estimate of drug-likeness (QED) is 0.841. The summed E-state index contributed by atoms with van der Waals surface area (Å²) in [6, 6.07) is 12.8. The van der Waals surface area contributed by atoms with Crippen molar-refractivity contribution < 1.29 is 0 Å². The molecular formula is C14H16N2. The van der Waals surface area contributed by atoms with E-state index >= 15 is 0 Å². The maximum atomic E-state index is 4.25. The lowest BCUT2D eigenvalue weighted by atomic mass is 10.1. The standard InChI is InChI=1S/C14H16N2/c1-11(2)16-14-8-13(9-15-10-14)12-6-4-3-5-7-12/h3-11,16H,1-2H3. The summed E-state index contributed by atoms with van der Waals surface area (Å²) in [6.07, 6.45) is 3.74. The van der Waals surface area contributed by atoms with Gasteiger partial charge in [0.05, 0.1) is 5.69 Å². The van der Waals surface area contributed by atoms with Gasteiger partial charge in [-0.2, -0.15) is 0 Å². The molecule has 1 aromatic heterocycles. The van der Waals surface area contributed by atoms with Gasteiger partial charge in [-0.3, -0.25) is 4.98 Å². The minimum absolute atomic E-state index is 0.424. The van der Waals surface area contributed by atoms with Gasteiger partial charge < -0.3 is 5.32 Å². The van der Waals surface area contributed by atoms with Gasteiger partial charge in [0.1, 0.15) is 0 Å². The monoisotopic (exact) mass is 212 g/mol. The molecule has 0 aliphatic rings. The molecule has 0 aliphatic carbocycles. The minimum atomic E-state index is 0.424. The van der Waals surface area contributed by atoms with E-state index in [1.165, 1.54) is 5.56 Å². The third kappa shape index (κ3) is 2.60. The van der Waals surface area contributed by atoms with Crippen LogP contribution in [0.15, 0.2) is 48.8 Å². The molecule has 0 saturated carbocycles. The molecule has 0 aliphatic heterocycles. The summed E-state index contributed by atoms with van der Waals surface area (Å²) in [4.78, 5) is 4.25. The lowest BCUT2D eigenvalue weighted by Crippen LogP contribution is -2.09. The number of hydrogen-bond donors (Lipinski definition) is 1. The summed E-state index contributed by atoms with van der Waals surface area (Å²) >= 11 is 0. The second-order valence-electron chi connectivity index (χ2n) is 4.13. The molecule has 2 aromatic rings. The van der Waals surface area contributed by atoms with Gasteiger partial charge in [-0.1, -0.05) is 30.3 Å². The highest BCUT2D eigenvalue weighted by atomic mass is 14.9. The molecule has 0 spiro atoms. The third-order valence-corrected chi connectivity index (χ3v) is 2.30. The topological polar surface area (TPSA) is 24.9 Å². The number of hydrogen-bond acceptors (Lipinski definition) is 2. The van der Waals surface area contributed by atoms with Crippen LogP contribution in [0.2, 0.25) is 0 Å². The van der Waals surface area contributed by atoms with Gasteiger partial charge in [0.15, 0.2) is 0 Å². The van der Waals surface area contributed by atoms with Crippen molar-refractivity contribution in [3.05, 3.63) is 48.8 Å². The van der Waals surface area contributed by atoms with E-state index in [9.17, 15) is 0 Å². The van der Waals surface area contributed by atoms with Gasteiger partial charge in [0.25, 0.3) is 0 Å². The molecule has 2 rings (SSSR count). The zero-order valence-corrected chi connectivity index (χ0v) is 9.64.